The van der Waals surface area contributed by atoms with Crippen LogP contribution in [0.5, 0.6) is 0 Å². The predicted molar refractivity (Wildman–Crippen MR) is 106 cm³/mol. The molecule has 0 saturated heterocycles. The van der Waals surface area contributed by atoms with E-state index in [1.54, 1.807) is 5.38 Å². The smallest absolute Gasteiger partial charge is 0.358 e. The van der Waals surface area contributed by atoms with Crippen LogP contribution in [0.1, 0.15) is 28.9 Å². The molecule has 0 bridgehead atoms. The van der Waals surface area contributed by atoms with Gasteiger partial charge in [-0.25, -0.2) is 9.78 Å². The highest BCUT2D eigenvalue weighted by Crippen LogP contribution is 2.24. The SMILES string of the molecule is CCc1ccc(-c2noc(COC(=O)c3csc(-c4ccccc4)n3)n2)cc1. The minimum Gasteiger partial charge on any atom is -0.451 e. The van der Waals surface area contributed by atoms with E-state index < -0.39 is 5.97 Å². The molecule has 7 heteroatoms. The molecule has 0 radical (unpaired) electrons. The van der Waals surface area contributed by atoms with E-state index in [2.05, 4.69) is 22.0 Å². The van der Waals surface area contributed by atoms with Gasteiger partial charge < -0.3 is 9.26 Å². The van der Waals surface area contributed by atoms with Gasteiger partial charge in [0.15, 0.2) is 12.3 Å². The van der Waals surface area contributed by atoms with Gasteiger partial charge in [-0.05, 0) is 12.0 Å². The maximum atomic E-state index is 12.2. The number of rotatable bonds is 6. The Morgan fingerprint density at radius 3 is 2.57 bits per heavy atom. The fourth-order valence-corrected chi connectivity index (χ4v) is 3.40. The molecule has 0 aliphatic heterocycles. The maximum Gasteiger partial charge on any atom is 0.358 e. The molecular weight excluding hydrogens is 374 g/mol. The molecule has 2 aromatic carbocycles. The third-order valence-corrected chi connectivity index (χ3v) is 5.04. The summed E-state index contributed by atoms with van der Waals surface area (Å²) < 4.78 is 10.4. The molecule has 140 valence electrons. The number of nitrogens with zero attached hydrogens (tertiary/aromatic N) is 3. The zero-order chi connectivity index (χ0) is 19.3. The monoisotopic (exact) mass is 391 g/mol. The lowest BCUT2D eigenvalue weighted by atomic mass is 10.1. The number of carbonyl (C=O) groups excluding carboxylic acids is 1. The summed E-state index contributed by atoms with van der Waals surface area (Å²) >= 11 is 1.39. The average Bonchev–Trinajstić information content (AvgIpc) is 3.43. The fourth-order valence-electron chi connectivity index (χ4n) is 2.60. The molecular formula is C21H17N3O3S. The van der Waals surface area contributed by atoms with Crippen molar-refractivity contribution in [1.29, 1.82) is 0 Å². The molecule has 4 aromatic rings. The molecule has 0 N–H and O–H groups in total. The molecule has 6 nitrogen and oxygen atoms in total. The van der Waals surface area contributed by atoms with Crippen LogP contribution >= 0.6 is 11.3 Å². The quantitative estimate of drug-likeness (QED) is 0.440. The Bertz CT molecular complexity index is 1070. The van der Waals surface area contributed by atoms with Crippen molar-refractivity contribution >= 4 is 17.3 Å². The Labute approximate surface area is 165 Å². The largest absolute Gasteiger partial charge is 0.451 e. The average molecular weight is 391 g/mol. The third-order valence-electron chi connectivity index (χ3n) is 4.15. The summed E-state index contributed by atoms with van der Waals surface area (Å²) in [5, 5.41) is 6.39. The van der Waals surface area contributed by atoms with Crippen molar-refractivity contribution in [1.82, 2.24) is 15.1 Å². The van der Waals surface area contributed by atoms with Gasteiger partial charge in [0.05, 0.1) is 0 Å². The Hall–Kier alpha value is -3.32. The van der Waals surface area contributed by atoms with Gasteiger partial charge in [-0.1, -0.05) is 66.7 Å². The lowest BCUT2D eigenvalue weighted by Crippen LogP contribution is -2.05. The summed E-state index contributed by atoms with van der Waals surface area (Å²) in [7, 11) is 0. The zero-order valence-corrected chi connectivity index (χ0v) is 16.0. The van der Waals surface area contributed by atoms with Crippen molar-refractivity contribution in [3.63, 3.8) is 0 Å². The van der Waals surface area contributed by atoms with E-state index in [0.717, 1.165) is 22.6 Å². The molecule has 0 amide bonds. The van der Waals surface area contributed by atoms with Gasteiger partial charge in [-0.15, -0.1) is 11.3 Å². The van der Waals surface area contributed by atoms with Crippen molar-refractivity contribution in [3.05, 3.63) is 77.1 Å². The lowest BCUT2D eigenvalue weighted by molar-refractivity contribution is 0.0424. The van der Waals surface area contributed by atoms with Crippen LogP contribution in [0, 0.1) is 0 Å². The first-order chi connectivity index (χ1) is 13.7. The van der Waals surface area contributed by atoms with Gasteiger partial charge in [-0.2, -0.15) is 4.98 Å². The Balaban J connectivity index is 1.39. The van der Waals surface area contributed by atoms with E-state index in [0.29, 0.717) is 5.82 Å². The highest BCUT2D eigenvalue weighted by molar-refractivity contribution is 7.13. The molecule has 0 aliphatic carbocycles. The van der Waals surface area contributed by atoms with E-state index in [1.807, 2.05) is 54.6 Å². The third kappa shape index (κ3) is 3.99. The van der Waals surface area contributed by atoms with E-state index in [9.17, 15) is 4.79 Å². The Morgan fingerprint density at radius 2 is 1.82 bits per heavy atom. The van der Waals surface area contributed by atoms with Crippen molar-refractivity contribution in [2.45, 2.75) is 20.0 Å². The van der Waals surface area contributed by atoms with Gasteiger partial charge in [0.25, 0.3) is 5.89 Å². The van der Waals surface area contributed by atoms with Crippen molar-refractivity contribution in [2.24, 2.45) is 0 Å². The number of aromatic nitrogens is 3. The standard InChI is InChI=1S/C21H17N3O3S/c1-2-14-8-10-15(11-9-14)19-23-18(27-24-19)12-26-21(25)17-13-28-20(22-17)16-6-4-3-5-7-16/h3-11,13H,2,12H2,1H3. The topological polar surface area (TPSA) is 78.1 Å². The summed E-state index contributed by atoms with van der Waals surface area (Å²) in [6, 6.07) is 17.6. The van der Waals surface area contributed by atoms with Crippen LogP contribution < -0.4 is 0 Å². The summed E-state index contributed by atoms with van der Waals surface area (Å²) in [6.07, 6.45) is 0.969. The van der Waals surface area contributed by atoms with Gasteiger partial charge in [0, 0.05) is 16.5 Å². The van der Waals surface area contributed by atoms with Gasteiger partial charge >= 0.3 is 5.97 Å². The van der Waals surface area contributed by atoms with Gasteiger partial charge in [-0.3, -0.25) is 0 Å². The second kappa shape index (κ2) is 8.14. The molecule has 0 saturated carbocycles. The van der Waals surface area contributed by atoms with Crippen LogP contribution in [0.25, 0.3) is 22.0 Å². The lowest BCUT2D eigenvalue weighted by Gasteiger charge is -1.98. The van der Waals surface area contributed by atoms with Crippen LogP contribution in [0.2, 0.25) is 0 Å². The van der Waals surface area contributed by atoms with Crippen LogP contribution in [-0.2, 0) is 17.8 Å². The summed E-state index contributed by atoms with van der Waals surface area (Å²) in [5.41, 5.74) is 3.31. The van der Waals surface area contributed by atoms with Crippen molar-refractivity contribution in [3.8, 4) is 22.0 Å². The van der Waals surface area contributed by atoms with Crippen LogP contribution in [-0.4, -0.2) is 21.1 Å². The predicted octanol–water partition coefficient (Wildman–Crippen LogP) is 4.78. The normalized spacial score (nSPS) is 10.8. The molecule has 4 rings (SSSR count). The molecule has 0 spiro atoms. The van der Waals surface area contributed by atoms with Crippen molar-refractivity contribution < 1.29 is 14.1 Å². The Morgan fingerprint density at radius 1 is 1.04 bits per heavy atom. The number of esters is 1. The van der Waals surface area contributed by atoms with E-state index in [4.69, 9.17) is 9.26 Å². The van der Waals surface area contributed by atoms with Crippen LogP contribution in [0.3, 0.4) is 0 Å². The maximum absolute atomic E-state index is 12.2. The van der Waals surface area contributed by atoms with E-state index >= 15 is 0 Å². The minimum absolute atomic E-state index is 0.100. The first-order valence-electron chi connectivity index (χ1n) is 8.83. The molecule has 2 aromatic heterocycles. The second-order valence-electron chi connectivity index (χ2n) is 6.04. The molecule has 0 fully saturated rings. The summed E-state index contributed by atoms with van der Waals surface area (Å²) in [5.74, 6) is 0.181. The summed E-state index contributed by atoms with van der Waals surface area (Å²) in [6.45, 7) is 2.00. The molecule has 0 atom stereocenters. The van der Waals surface area contributed by atoms with Crippen LogP contribution in [0.15, 0.2) is 64.5 Å². The molecule has 0 aliphatic rings. The zero-order valence-electron chi connectivity index (χ0n) is 15.2. The Kier molecular flexibility index (Phi) is 5.25. The van der Waals surface area contributed by atoms with Gasteiger partial charge in [0.1, 0.15) is 5.01 Å². The van der Waals surface area contributed by atoms with E-state index in [-0.39, 0.29) is 18.2 Å². The van der Waals surface area contributed by atoms with Crippen LogP contribution in [0.4, 0.5) is 0 Å². The number of benzene rings is 2. The first-order valence-corrected chi connectivity index (χ1v) is 9.71. The first kappa shape index (κ1) is 18.1. The highest BCUT2D eigenvalue weighted by atomic mass is 32.1. The van der Waals surface area contributed by atoms with Crippen molar-refractivity contribution in [2.75, 3.05) is 0 Å². The molecule has 2 heterocycles. The molecule has 0 unspecified atom stereocenters. The number of ether oxygens (including phenoxy) is 1. The number of aryl methyl sites for hydroxylation is 1. The summed E-state index contributed by atoms with van der Waals surface area (Å²) in [4.78, 5) is 20.9. The number of carbonyl (C=O) groups is 1. The minimum atomic E-state index is -0.523. The second-order valence-corrected chi connectivity index (χ2v) is 6.90. The fraction of sp³-hybridized carbons (Fsp3) is 0.143. The molecule has 28 heavy (non-hydrogen) atoms. The number of thiazole rings is 1. The van der Waals surface area contributed by atoms with E-state index in [1.165, 1.54) is 16.9 Å². The number of hydrogen-bond acceptors (Lipinski definition) is 7. The van der Waals surface area contributed by atoms with Gasteiger partial charge in [0.2, 0.25) is 5.82 Å². The highest BCUT2D eigenvalue weighted by Gasteiger charge is 2.16. The number of hydrogen-bond donors (Lipinski definition) is 0.